The maximum atomic E-state index is 8.71. The van der Waals surface area contributed by atoms with Crippen molar-refractivity contribution >= 4 is 11.8 Å². The number of ether oxygens (including phenoxy) is 1. The van der Waals surface area contributed by atoms with Gasteiger partial charge in [-0.2, -0.15) is 5.26 Å². The normalized spacial score (nSPS) is 9.78. The van der Waals surface area contributed by atoms with Gasteiger partial charge in [0.1, 0.15) is 5.75 Å². The molecule has 0 aliphatic heterocycles. The fraction of sp³-hybridized carbons (Fsp3) is 0.133. The summed E-state index contributed by atoms with van der Waals surface area (Å²) in [5.74, 6) is 0.869. The lowest BCUT2D eigenvalue weighted by Crippen LogP contribution is -1.86. The first kappa shape index (κ1) is 12.5. The second kappa shape index (κ2) is 6.13. The van der Waals surface area contributed by atoms with Gasteiger partial charge in [0, 0.05) is 4.90 Å². The molecule has 0 atom stereocenters. The van der Waals surface area contributed by atoms with Gasteiger partial charge in [-0.3, -0.25) is 0 Å². The summed E-state index contributed by atoms with van der Waals surface area (Å²) in [6, 6.07) is 18.1. The molecule has 90 valence electrons. The highest BCUT2D eigenvalue weighted by Crippen LogP contribution is 2.34. The molecule has 0 unspecified atom stereocenters. The number of hydrogen-bond donors (Lipinski definition) is 0. The van der Waals surface area contributed by atoms with Gasteiger partial charge >= 0.3 is 0 Å². The Labute approximate surface area is 111 Å². The zero-order valence-electron chi connectivity index (χ0n) is 10.1. The van der Waals surface area contributed by atoms with Crippen LogP contribution >= 0.6 is 11.8 Å². The zero-order valence-corrected chi connectivity index (χ0v) is 10.9. The lowest BCUT2D eigenvalue weighted by Gasteiger charge is -2.08. The third-order valence-corrected chi connectivity index (χ3v) is 3.53. The lowest BCUT2D eigenvalue weighted by molar-refractivity contribution is 0.405. The van der Waals surface area contributed by atoms with Crippen LogP contribution in [0.15, 0.2) is 58.3 Å². The maximum Gasteiger partial charge on any atom is 0.132 e. The van der Waals surface area contributed by atoms with Crippen molar-refractivity contribution < 1.29 is 4.74 Å². The van der Waals surface area contributed by atoms with Crippen molar-refractivity contribution in [1.82, 2.24) is 0 Å². The molecule has 18 heavy (non-hydrogen) atoms. The van der Waals surface area contributed by atoms with Crippen LogP contribution in [0, 0.1) is 11.3 Å². The Hall–Kier alpha value is -1.92. The molecule has 0 heterocycles. The molecular weight excluding hydrogens is 242 g/mol. The molecule has 0 saturated heterocycles. The molecule has 0 saturated carbocycles. The smallest absolute Gasteiger partial charge is 0.132 e. The Morgan fingerprint density at radius 2 is 2.00 bits per heavy atom. The molecule has 0 amide bonds. The van der Waals surface area contributed by atoms with E-state index in [1.165, 1.54) is 0 Å². The number of benzene rings is 2. The third-order valence-electron chi connectivity index (χ3n) is 2.48. The van der Waals surface area contributed by atoms with Crippen molar-refractivity contribution in [1.29, 1.82) is 5.26 Å². The Kier molecular flexibility index (Phi) is 4.27. The number of methoxy groups -OCH3 is 1. The van der Waals surface area contributed by atoms with Gasteiger partial charge in [0.05, 0.1) is 24.5 Å². The summed E-state index contributed by atoms with van der Waals surface area (Å²) < 4.78 is 5.32. The van der Waals surface area contributed by atoms with Crippen LogP contribution in [0.1, 0.15) is 5.56 Å². The molecule has 2 aromatic carbocycles. The van der Waals surface area contributed by atoms with Gasteiger partial charge in [-0.1, -0.05) is 36.0 Å². The minimum absolute atomic E-state index is 0.445. The van der Waals surface area contributed by atoms with Crippen molar-refractivity contribution in [3.63, 3.8) is 0 Å². The fourth-order valence-electron chi connectivity index (χ4n) is 1.64. The van der Waals surface area contributed by atoms with E-state index in [-0.39, 0.29) is 0 Å². The van der Waals surface area contributed by atoms with Crippen molar-refractivity contribution in [2.24, 2.45) is 0 Å². The van der Waals surface area contributed by atoms with Crippen LogP contribution in [0.4, 0.5) is 0 Å². The van der Waals surface area contributed by atoms with Crippen molar-refractivity contribution in [2.75, 3.05) is 7.11 Å². The number of nitrogens with zero attached hydrogens (tertiary/aromatic N) is 1. The highest BCUT2D eigenvalue weighted by Gasteiger charge is 2.04. The number of hydrogen-bond acceptors (Lipinski definition) is 3. The average molecular weight is 255 g/mol. The molecule has 0 fully saturated rings. The van der Waals surface area contributed by atoms with E-state index >= 15 is 0 Å². The summed E-state index contributed by atoms with van der Waals surface area (Å²) in [5.41, 5.74) is 1.04. The Bertz CT molecular complexity index is 575. The van der Waals surface area contributed by atoms with Crippen LogP contribution in [0.3, 0.4) is 0 Å². The Balaban J connectivity index is 2.23. The van der Waals surface area contributed by atoms with Crippen LogP contribution in [0.5, 0.6) is 5.75 Å². The van der Waals surface area contributed by atoms with Crippen LogP contribution in [0.25, 0.3) is 0 Å². The molecule has 0 radical (unpaired) electrons. The molecular formula is C15H13NOS. The molecule has 2 aromatic rings. The highest BCUT2D eigenvalue weighted by atomic mass is 32.2. The zero-order chi connectivity index (χ0) is 12.8. The molecule has 0 aliphatic rings. The van der Waals surface area contributed by atoms with Gasteiger partial charge in [-0.15, -0.1) is 0 Å². The topological polar surface area (TPSA) is 33.0 Å². The first-order chi connectivity index (χ1) is 8.83. The lowest BCUT2D eigenvalue weighted by atomic mass is 10.2. The van der Waals surface area contributed by atoms with Crippen LogP contribution in [0.2, 0.25) is 0 Å². The molecule has 0 spiro atoms. The summed E-state index contributed by atoms with van der Waals surface area (Å²) in [5, 5.41) is 8.71. The maximum absolute atomic E-state index is 8.71. The largest absolute Gasteiger partial charge is 0.496 e. The molecule has 2 rings (SSSR count). The quantitative estimate of drug-likeness (QED) is 0.830. The van der Waals surface area contributed by atoms with E-state index in [1.807, 2.05) is 48.5 Å². The summed E-state index contributed by atoms with van der Waals surface area (Å²) in [7, 11) is 1.67. The van der Waals surface area contributed by atoms with Crippen molar-refractivity contribution in [3.05, 3.63) is 54.1 Å². The summed E-state index contributed by atoms with van der Waals surface area (Å²) in [4.78, 5) is 2.20. The van der Waals surface area contributed by atoms with Gasteiger partial charge in [0.15, 0.2) is 0 Å². The molecule has 0 aliphatic carbocycles. The van der Waals surface area contributed by atoms with E-state index in [1.54, 1.807) is 18.9 Å². The van der Waals surface area contributed by atoms with E-state index in [2.05, 4.69) is 6.07 Å². The van der Waals surface area contributed by atoms with E-state index < -0.39 is 0 Å². The number of nitriles is 1. The predicted molar refractivity (Wildman–Crippen MR) is 72.9 cm³/mol. The summed E-state index contributed by atoms with van der Waals surface area (Å²) >= 11 is 1.64. The highest BCUT2D eigenvalue weighted by molar-refractivity contribution is 7.99. The van der Waals surface area contributed by atoms with Gasteiger partial charge in [0.2, 0.25) is 0 Å². The van der Waals surface area contributed by atoms with E-state index in [4.69, 9.17) is 10.00 Å². The van der Waals surface area contributed by atoms with Crippen LogP contribution in [-0.2, 0) is 6.42 Å². The van der Waals surface area contributed by atoms with Gasteiger partial charge in [0.25, 0.3) is 0 Å². The Morgan fingerprint density at radius 1 is 1.17 bits per heavy atom. The standard InChI is InChI=1S/C15H13NOS/c1-17-14-7-2-3-8-15(14)18-13-6-4-5-12(11-13)9-10-16/h2-8,11H,9H2,1H3. The monoisotopic (exact) mass is 255 g/mol. The first-order valence-corrected chi connectivity index (χ1v) is 6.42. The second-order valence-electron chi connectivity index (χ2n) is 3.74. The van der Waals surface area contributed by atoms with Gasteiger partial charge in [-0.25, -0.2) is 0 Å². The third kappa shape index (κ3) is 3.06. The van der Waals surface area contributed by atoms with Crippen molar-refractivity contribution in [2.45, 2.75) is 16.2 Å². The van der Waals surface area contributed by atoms with Crippen molar-refractivity contribution in [3.8, 4) is 11.8 Å². The second-order valence-corrected chi connectivity index (χ2v) is 4.85. The Morgan fingerprint density at radius 3 is 2.78 bits per heavy atom. The van der Waals surface area contributed by atoms with E-state index in [9.17, 15) is 0 Å². The first-order valence-electron chi connectivity index (χ1n) is 5.60. The fourth-order valence-corrected chi connectivity index (χ4v) is 2.65. The molecule has 3 heteroatoms. The van der Waals surface area contributed by atoms with Crippen LogP contribution < -0.4 is 4.74 Å². The SMILES string of the molecule is COc1ccccc1Sc1cccc(CC#N)c1. The molecule has 2 nitrogen and oxygen atoms in total. The predicted octanol–water partition coefficient (Wildman–Crippen LogP) is 3.91. The van der Waals surface area contributed by atoms with Gasteiger partial charge in [-0.05, 0) is 29.8 Å². The number of para-hydroxylation sites is 1. The van der Waals surface area contributed by atoms with Crippen LogP contribution in [-0.4, -0.2) is 7.11 Å². The van der Waals surface area contributed by atoms with Gasteiger partial charge < -0.3 is 4.74 Å². The number of rotatable bonds is 4. The average Bonchev–Trinajstić information content (AvgIpc) is 2.40. The molecule has 0 N–H and O–H groups in total. The summed E-state index contributed by atoms with van der Waals surface area (Å²) in [6.07, 6.45) is 0.445. The minimum atomic E-state index is 0.445. The summed E-state index contributed by atoms with van der Waals surface area (Å²) in [6.45, 7) is 0. The van der Waals surface area contributed by atoms with E-state index in [0.717, 1.165) is 21.1 Å². The molecule has 0 aromatic heterocycles. The molecule has 0 bridgehead atoms. The van der Waals surface area contributed by atoms with E-state index in [0.29, 0.717) is 6.42 Å². The minimum Gasteiger partial charge on any atom is -0.496 e.